The van der Waals surface area contributed by atoms with Gasteiger partial charge in [0, 0.05) is 11.1 Å². The molecule has 1 N–H and O–H groups in total. The number of benzene rings is 3. The third-order valence-electron chi connectivity index (χ3n) is 3.96. The lowest BCUT2D eigenvalue weighted by Gasteiger charge is -2.07. The van der Waals surface area contributed by atoms with Crippen molar-refractivity contribution in [1.29, 1.82) is 0 Å². The van der Waals surface area contributed by atoms with Gasteiger partial charge in [-0.05, 0) is 30.3 Å². The maximum atomic E-state index is 10.2. The Morgan fingerprint density at radius 3 is 2.04 bits per heavy atom. The van der Waals surface area contributed by atoms with Gasteiger partial charge in [-0.2, -0.15) is 5.10 Å². The van der Waals surface area contributed by atoms with Gasteiger partial charge in [-0.25, -0.2) is 4.68 Å². The van der Waals surface area contributed by atoms with Gasteiger partial charge in [0.1, 0.15) is 5.75 Å². The Morgan fingerprint density at radius 2 is 1.33 bits per heavy atom. The monoisotopic (exact) mass is 312 g/mol. The van der Waals surface area contributed by atoms with Crippen molar-refractivity contribution in [2.75, 3.05) is 0 Å². The van der Waals surface area contributed by atoms with Crippen molar-refractivity contribution < 1.29 is 5.11 Å². The highest BCUT2D eigenvalue weighted by molar-refractivity contribution is 5.73. The van der Waals surface area contributed by atoms with Gasteiger partial charge in [0.2, 0.25) is 0 Å². The molecule has 0 atom stereocenters. The molecule has 1 aromatic heterocycles. The van der Waals surface area contributed by atoms with Crippen LogP contribution in [0.5, 0.6) is 5.75 Å². The molecule has 0 fully saturated rings. The van der Waals surface area contributed by atoms with Crippen molar-refractivity contribution in [3.05, 3.63) is 91.0 Å². The Hall–Kier alpha value is -3.33. The highest BCUT2D eigenvalue weighted by Gasteiger charge is 2.14. The first kappa shape index (κ1) is 14.3. The van der Waals surface area contributed by atoms with Crippen LogP contribution in [0.15, 0.2) is 91.0 Å². The number of para-hydroxylation sites is 2. The molecule has 0 aliphatic rings. The zero-order chi connectivity index (χ0) is 16.4. The molecule has 3 heteroatoms. The second-order valence-corrected chi connectivity index (χ2v) is 5.55. The van der Waals surface area contributed by atoms with Crippen molar-refractivity contribution in [3.63, 3.8) is 0 Å². The topological polar surface area (TPSA) is 38.0 Å². The van der Waals surface area contributed by atoms with Crippen molar-refractivity contribution >= 4 is 0 Å². The van der Waals surface area contributed by atoms with Gasteiger partial charge in [-0.15, -0.1) is 0 Å². The van der Waals surface area contributed by atoms with Crippen LogP contribution in [0.2, 0.25) is 0 Å². The number of hydrogen-bond acceptors (Lipinski definition) is 2. The van der Waals surface area contributed by atoms with Crippen molar-refractivity contribution in [2.45, 2.75) is 0 Å². The van der Waals surface area contributed by atoms with E-state index >= 15 is 0 Å². The molecule has 116 valence electrons. The molecule has 0 aliphatic carbocycles. The number of phenols is 1. The number of aromatic hydroxyl groups is 1. The Labute approximate surface area is 140 Å². The average molecular weight is 312 g/mol. The fraction of sp³-hybridized carbons (Fsp3) is 0. The number of aromatic nitrogens is 2. The Balaban J connectivity index is 1.94. The molecule has 0 saturated carbocycles. The van der Waals surface area contributed by atoms with Gasteiger partial charge in [0.05, 0.1) is 17.1 Å². The third-order valence-corrected chi connectivity index (χ3v) is 3.96. The van der Waals surface area contributed by atoms with E-state index in [1.54, 1.807) is 6.07 Å². The summed E-state index contributed by atoms with van der Waals surface area (Å²) in [6.45, 7) is 0. The molecule has 0 saturated heterocycles. The predicted molar refractivity (Wildman–Crippen MR) is 96.1 cm³/mol. The van der Waals surface area contributed by atoms with Crippen LogP contribution in [0.3, 0.4) is 0 Å². The minimum absolute atomic E-state index is 0.231. The SMILES string of the molecule is Oc1ccccc1-c1cc(-c2ccccc2)n(-c2ccccc2)n1. The summed E-state index contributed by atoms with van der Waals surface area (Å²) in [5, 5.41) is 14.9. The first-order valence-electron chi connectivity index (χ1n) is 7.82. The first-order valence-corrected chi connectivity index (χ1v) is 7.82. The van der Waals surface area contributed by atoms with E-state index in [0.717, 1.165) is 28.2 Å². The second-order valence-electron chi connectivity index (χ2n) is 5.55. The number of nitrogens with zero attached hydrogens (tertiary/aromatic N) is 2. The van der Waals surface area contributed by atoms with E-state index in [2.05, 4.69) is 12.1 Å². The second kappa shape index (κ2) is 6.05. The smallest absolute Gasteiger partial charge is 0.125 e. The van der Waals surface area contributed by atoms with Crippen molar-refractivity contribution in [1.82, 2.24) is 9.78 Å². The summed E-state index contributed by atoms with van der Waals surface area (Å²) in [4.78, 5) is 0. The van der Waals surface area contributed by atoms with E-state index in [-0.39, 0.29) is 5.75 Å². The summed E-state index contributed by atoms with van der Waals surface area (Å²) in [6, 6.07) is 29.4. The summed E-state index contributed by atoms with van der Waals surface area (Å²) >= 11 is 0. The highest BCUT2D eigenvalue weighted by Crippen LogP contribution is 2.32. The predicted octanol–water partition coefficient (Wildman–Crippen LogP) is 4.91. The van der Waals surface area contributed by atoms with Gasteiger partial charge in [-0.1, -0.05) is 60.7 Å². The molecule has 0 radical (unpaired) electrons. The molecular formula is C21H16N2O. The van der Waals surface area contributed by atoms with E-state index in [4.69, 9.17) is 5.10 Å². The van der Waals surface area contributed by atoms with E-state index in [9.17, 15) is 5.11 Å². The van der Waals surface area contributed by atoms with E-state index in [1.165, 1.54) is 0 Å². The normalized spacial score (nSPS) is 10.7. The third kappa shape index (κ3) is 2.57. The summed E-state index contributed by atoms with van der Waals surface area (Å²) in [6.07, 6.45) is 0. The number of phenolic OH excluding ortho intramolecular Hbond substituents is 1. The van der Waals surface area contributed by atoms with Crippen LogP contribution < -0.4 is 0 Å². The quantitative estimate of drug-likeness (QED) is 0.583. The fourth-order valence-electron chi connectivity index (χ4n) is 2.78. The summed E-state index contributed by atoms with van der Waals surface area (Å²) in [5.41, 5.74) is 4.52. The van der Waals surface area contributed by atoms with Gasteiger partial charge < -0.3 is 5.11 Å². The molecule has 0 aliphatic heterocycles. The van der Waals surface area contributed by atoms with Crippen LogP contribution in [0.1, 0.15) is 0 Å². The van der Waals surface area contributed by atoms with Crippen LogP contribution in [0, 0.1) is 0 Å². The molecule has 0 amide bonds. The van der Waals surface area contributed by atoms with Crippen molar-refractivity contribution in [2.24, 2.45) is 0 Å². The molecule has 0 bridgehead atoms. The first-order chi connectivity index (χ1) is 11.8. The van der Waals surface area contributed by atoms with Crippen LogP contribution in [0.25, 0.3) is 28.2 Å². The largest absolute Gasteiger partial charge is 0.507 e. The molecule has 3 nitrogen and oxygen atoms in total. The number of rotatable bonds is 3. The average Bonchev–Trinajstić information content (AvgIpc) is 3.09. The molecule has 3 aromatic carbocycles. The van der Waals surface area contributed by atoms with Gasteiger partial charge in [0.15, 0.2) is 0 Å². The van der Waals surface area contributed by atoms with Crippen LogP contribution >= 0.6 is 0 Å². The highest BCUT2D eigenvalue weighted by atomic mass is 16.3. The lowest BCUT2D eigenvalue weighted by molar-refractivity contribution is 0.477. The van der Waals surface area contributed by atoms with Crippen LogP contribution in [-0.4, -0.2) is 14.9 Å². The lowest BCUT2D eigenvalue weighted by atomic mass is 10.1. The zero-order valence-corrected chi connectivity index (χ0v) is 13.0. The van der Waals surface area contributed by atoms with Gasteiger partial charge in [-0.3, -0.25) is 0 Å². The Kier molecular flexibility index (Phi) is 3.60. The van der Waals surface area contributed by atoms with E-state index < -0.39 is 0 Å². The number of hydrogen-bond donors (Lipinski definition) is 1. The Bertz CT molecular complexity index is 903. The minimum atomic E-state index is 0.231. The van der Waals surface area contributed by atoms with E-state index in [1.807, 2.05) is 77.5 Å². The van der Waals surface area contributed by atoms with Gasteiger partial charge in [0.25, 0.3) is 0 Å². The van der Waals surface area contributed by atoms with Crippen molar-refractivity contribution in [3.8, 4) is 34.0 Å². The molecule has 1 heterocycles. The fourth-order valence-corrected chi connectivity index (χ4v) is 2.78. The zero-order valence-electron chi connectivity index (χ0n) is 13.0. The van der Waals surface area contributed by atoms with Crippen LogP contribution in [-0.2, 0) is 0 Å². The Morgan fingerprint density at radius 1 is 0.708 bits per heavy atom. The maximum absolute atomic E-state index is 10.2. The molecular weight excluding hydrogens is 296 g/mol. The maximum Gasteiger partial charge on any atom is 0.125 e. The molecule has 0 unspecified atom stereocenters. The standard InChI is InChI=1S/C21H16N2O/c24-21-14-8-7-13-18(21)19-15-20(16-9-3-1-4-10-16)23(22-19)17-11-5-2-6-12-17/h1-15,24H. The molecule has 24 heavy (non-hydrogen) atoms. The summed E-state index contributed by atoms with van der Waals surface area (Å²) < 4.78 is 1.91. The lowest BCUT2D eigenvalue weighted by Crippen LogP contribution is -1.98. The molecule has 4 aromatic rings. The molecule has 0 spiro atoms. The van der Waals surface area contributed by atoms with Gasteiger partial charge >= 0.3 is 0 Å². The summed E-state index contributed by atoms with van der Waals surface area (Å²) in [5.74, 6) is 0.231. The van der Waals surface area contributed by atoms with Crippen LogP contribution in [0.4, 0.5) is 0 Å². The summed E-state index contributed by atoms with van der Waals surface area (Å²) in [7, 11) is 0. The minimum Gasteiger partial charge on any atom is -0.507 e. The van der Waals surface area contributed by atoms with E-state index in [0.29, 0.717) is 0 Å². The molecule has 4 rings (SSSR count).